The van der Waals surface area contributed by atoms with Gasteiger partial charge in [-0.2, -0.15) is 0 Å². The van der Waals surface area contributed by atoms with Crippen molar-refractivity contribution in [3.63, 3.8) is 0 Å². The molecule has 1 rings (SSSR count). The molecule has 0 N–H and O–H groups in total. The fraction of sp³-hybridized carbons (Fsp3) is 0.455. The van der Waals surface area contributed by atoms with E-state index in [1.807, 2.05) is 42.2 Å². The Hall–Kier alpha value is -0.980. The first kappa shape index (κ1) is 11.0. The molecule has 0 saturated heterocycles. The van der Waals surface area contributed by atoms with Crippen molar-refractivity contribution >= 4 is 0 Å². The first-order chi connectivity index (χ1) is 5.81. The van der Waals surface area contributed by atoms with Gasteiger partial charge in [0.25, 0.3) is 0 Å². The fourth-order valence-corrected chi connectivity index (χ4v) is 0.735. The van der Waals surface area contributed by atoms with Crippen LogP contribution in [0.5, 0.6) is 0 Å². The first-order valence-electron chi connectivity index (χ1n) is 4.50. The Kier molecular flexibility index (Phi) is 7.46. The third kappa shape index (κ3) is 7.13. The summed E-state index contributed by atoms with van der Waals surface area (Å²) < 4.78 is 2.00. The van der Waals surface area contributed by atoms with E-state index in [1.54, 1.807) is 0 Å². The largest absolute Gasteiger partial charge is 0.208 e. The van der Waals surface area contributed by atoms with Gasteiger partial charge in [0.15, 0.2) is 12.4 Å². The van der Waals surface area contributed by atoms with Gasteiger partial charge in [-0.05, 0) is 6.42 Å². The van der Waals surface area contributed by atoms with E-state index < -0.39 is 0 Å². The van der Waals surface area contributed by atoms with E-state index in [2.05, 4.69) is 13.8 Å². The predicted octanol–water partition coefficient (Wildman–Crippen LogP) is 2.52. The van der Waals surface area contributed by atoms with E-state index >= 15 is 0 Å². The van der Waals surface area contributed by atoms with Crippen LogP contribution in [0.1, 0.15) is 26.2 Å². The summed E-state index contributed by atoms with van der Waals surface area (Å²) in [4.78, 5) is 0. The van der Waals surface area contributed by atoms with Gasteiger partial charge in [-0.3, -0.25) is 0 Å². The lowest BCUT2D eigenvalue weighted by Gasteiger charge is -1.77. The summed E-state index contributed by atoms with van der Waals surface area (Å²) in [5.74, 6) is 0. The SMILES string of the molecule is C[n+]1ccccc1.[CH2+]CCCC. The van der Waals surface area contributed by atoms with Crippen molar-refractivity contribution in [2.24, 2.45) is 7.05 Å². The number of nitrogens with zero attached hydrogens (tertiary/aromatic N) is 1. The average molecular weight is 165 g/mol. The maximum Gasteiger partial charge on any atom is 0.168 e. The van der Waals surface area contributed by atoms with E-state index in [1.165, 1.54) is 12.8 Å². The molecular formula is C11H19N+2. The maximum absolute atomic E-state index is 3.68. The summed E-state index contributed by atoms with van der Waals surface area (Å²) in [7, 11) is 2.00. The minimum absolute atomic E-state index is 1.09. The van der Waals surface area contributed by atoms with Crippen molar-refractivity contribution in [1.29, 1.82) is 0 Å². The van der Waals surface area contributed by atoms with E-state index in [-0.39, 0.29) is 0 Å². The Morgan fingerprint density at radius 2 is 1.75 bits per heavy atom. The Labute approximate surface area is 76.1 Å². The zero-order valence-corrected chi connectivity index (χ0v) is 8.16. The summed E-state index contributed by atoms with van der Waals surface area (Å²) in [6.07, 6.45) is 7.65. The van der Waals surface area contributed by atoms with Gasteiger partial charge in [0, 0.05) is 12.1 Å². The highest BCUT2D eigenvalue weighted by molar-refractivity contribution is 4.83. The lowest BCUT2D eigenvalue weighted by molar-refractivity contribution is -0.671. The van der Waals surface area contributed by atoms with Gasteiger partial charge in [-0.1, -0.05) is 19.4 Å². The molecule has 0 bridgehead atoms. The third-order valence-corrected chi connectivity index (χ3v) is 1.47. The van der Waals surface area contributed by atoms with Crippen LogP contribution in [0.4, 0.5) is 0 Å². The lowest BCUT2D eigenvalue weighted by Crippen LogP contribution is -2.25. The van der Waals surface area contributed by atoms with E-state index in [9.17, 15) is 0 Å². The van der Waals surface area contributed by atoms with Gasteiger partial charge in [0.05, 0.1) is 13.3 Å². The second-order valence-electron chi connectivity index (χ2n) is 2.75. The minimum Gasteiger partial charge on any atom is -0.208 e. The van der Waals surface area contributed by atoms with Crippen LogP contribution in [0.2, 0.25) is 0 Å². The maximum atomic E-state index is 3.68. The third-order valence-electron chi connectivity index (χ3n) is 1.47. The molecule has 0 aliphatic heterocycles. The zero-order valence-electron chi connectivity index (χ0n) is 8.16. The monoisotopic (exact) mass is 165 g/mol. The molecule has 0 radical (unpaired) electrons. The molecule has 0 spiro atoms. The number of rotatable bonds is 2. The Morgan fingerprint density at radius 3 is 1.92 bits per heavy atom. The van der Waals surface area contributed by atoms with Crippen LogP contribution >= 0.6 is 0 Å². The first-order valence-corrected chi connectivity index (χ1v) is 4.50. The van der Waals surface area contributed by atoms with E-state index in [0.717, 1.165) is 6.42 Å². The number of aromatic nitrogens is 1. The standard InChI is InChI=1S/C6H8N.C5H11/c1-7-5-3-2-4-6-7;1-3-5-4-2/h2-6H,1H3;1,3-5H2,2H3/q2*+1. The molecule has 0 aromatic carbocycles. The van der Waals surface area contributed by atoms with Crippen LogP contribution in [-0.4, -0.2) is 0 Å². The molecule has 66 valence electrons. The number of hydrogen-bond acceptors (Lipinski definition) is 0. The van der Waals surface area contributed by atoms with Gasteiger partial charge in [-0.25, -0.2) is 4.57 Å². The van der Waals surface area contributed by atoms with Gasteiger partial charge >= 0.3 is 0 Å². The smallest absolute Gasteiger partial charge is 0.168 e. The number of unbranched alkanes of at least 4 members (excludes halogenated alkanes) is 2. The van der Waals surface area contributed by atoms with Crippen molar-refractivity contribution in [3.05, 3.63) is 37.5 Å². The summed E-state index contributed by atoms with van der Waals surface area (Å²) in [5, 5.41) is 0. The molecule has 1 nitrogen and oxygen atoms in total. The highest BCUT2D eigenvalue weighted by Gasteiger charge is 1.78. The molecule has 12 heavy (non-hydrogen) atoms. The summed E-state index contributed by atoms with van der Waals surface area (Å²) in [6, 6.07) is 6.00. The van der Waals surface area contributed by atoms with Crippen molar-refractivity contribution in [1.82, 2.24) is 0 Å². The average Bonchev–Trinajstić information content (AvgIpc) is 2.08. The summed E-state index contributed by atoms with van der Waals surface area (Å²) in [6.45, 7) is 5.85. The molecule has 0 atom stereocenters. The fourth-order valence-electron chi connectivity index (χ4n) is 0.735. The summed E-state index contributed by atoms with van der Waals surface area (Å²) >= 11 is 0. The molecule has 1 aromatic rings. The van der Waals surface area contributed by atoms with Crippen molar-refractivity contribution in [2.75, 3.05) is 0 Å². The van der Waals surface area contributed by atoms with Gasteiger partial charge in [0.2, 0.25) is 0 Å². The van der Waals surface area contributed by atoms with Gasteiger partial charge in [-0.15, -0.1) is 0 Å². The molecule has 1 heteroatoms. The molecular weight excluding hydrogens is 146 g/mol. The summed E-state index contributed by atoms with van der Waals surface area (Å²) in [5.41, 5.74) is 0. The highest BCUT2D eigenvalue weighted by Crippen LogP contribution is 1.87. The Morgan fingerprint density at radius 1 is 1.17 bits per heavy atom. The van der Waals surface area contributed by atoms with Crippen molar-refractivity contribution < 1.29 is 4.57 Å². The second-order valence-corrected chi connectivity index (χ2v) is 2.75. The lowest BCUT2D eigenvalue weighted by atomic mass is 10.3. The van der Waals surface area contributed by atoms with E-state index in [0.29, 0.717) is 0 Å². The molecule has 0 fully saturated rings. The quantitative estimate of drug-likeness (QED) is 0.468. The zero-order chi connectivity index (χ0) is 9.23. The van der Waals surface area contributed by atoms with Crippen LogP contribution in [0, 0.1) is 6.92 Å². The van der Waals surface area contributed by atoms with Crippen molar-refractivity contribution in [3.8, 4) is 0 Å². The van der Waals surface area contributed by atoms with Gasteiger partial charge in [0.1, 0.15) is 7.05 Å². The van der Waals surface area contributed by atoms with Gasteiger partial charge < -0.3 is 0 Å². The van der Waals surface area contributed by atoms with Crippen molar-refractivity contribution in [2.45, 2.75) is 26.2 Å². The molecule has 0 aliphatic rings. The topological polar surface area (TPSA) is 3.88 Å². The molecule has 0 amide bonds. The molecule has 0 unspecified atom stereocenters. The van der Waals surface area contributed by atoms with Crippen LogP contribution in [0.25, 0.3) is 0 Å². The Balaban J connectivity index is 0.000000217. The number of hydrogen-bond donors (Lipinski definition) is 0. The second kappa shape index (κ2) is 8.12. The van der Waals surface area contributed by atoms with Crippen LogP contribution in [-0.2, 0) is 7.05 Å². The van der Waals surface area contributed by atoms with Crippen LogP contribution in [0.3, 0.4) is 0 Å². The highest BCUT2D eigenvalue weighted by atomic mass is 14.9. The minimum atomic E-state index is 1.09. The molecule has 1 heterocycles. The van der Waals surface area contributed by atoms with Crippen LogP contribution in [0.15, 0.2) is 30.6 Å². The number of aryl methyl sites for hydroxylation is 1. The van der Waals surface area contributed by atoms with Crippen LogP contribution < -0.4 is 4.57 Å². The molecule has 1 aromatic heterocycles. The normalized spacial score (nSPS) is 8.50. The molecule has 0 saturated carbocycles. The Bertz CT molecular complexity index is 168. The molecule has 0 aliphatic carbocycles. The number of pyridine rings is 1. The van der Waals surface area contributed by atoms with E-state index in [4.69, 9.17) is 0 Å². The predicted molar refractivity (Wildman–Crippen MR) is 52.5 cm³/mol.